The Morgan fingerprint density at radius 3 is 2.33 bits per heavy atom. The van der Waals surface area contributed by atoms with E-state index in [1.807, 2.05) is 17.0 Å². The van der Waals surface area contributed by atoms with Crippen molar-refractivity contribution in [3.63, 3.8) is 0 Å². The van der Waals surface area contributed by atoms with Crippen molar-refractivity contribution in [2.45, 2.75) is 83.2 Å². The Morgan fingerprint density at radius 2 is 1.67 bits per heavy atom. The molecule has 1 fully saturated rings. The molecule has 2 heterocycles. The van der Waals surface area contributed by atoms with Gasteiger partial charge in [0, 0.05) is 36.6 Å². The molecule has 3 aromatic rings. The van der Waals surface area contributed by atoms with E-state index in [-0.39, 0.29) is 5.91 Å². The maximum Gasteiger partial charge on any atom is 0.253 e. The molecule has 0 bridgehead atoms. The largest absolute Gasteiger partial charge is 0.352 e. The fraction of sp³-hybridized carbons (Fsp3) is 0.562. The van der Waals surface area contributed by atoms with E-state index < -0.39 is 0 Å². The SMILES string of the molecule is CCCCN(CCCC)C(=O)c1ccc2nc(NCc3ccc(SC)cc3)n(CCCN3CCCCC3)c2c1. The molecule has 1 N–H and O–H groups in total. The van der Waals surface area contributed by atoms with Crippen molar-refractivity contribution in [3.8, 4) is 0 Å². The molecule has 1 aromatic heterocycles. The van der Waals surface area contributed by atoms with Crippen LogP contribution in [-0.2, 0) is 13.1 Å². The number of hydrogen-bond donors (Lipinski definition) is 1. The first-order valence-corrected chi connectivity index (χ1v) is 16.2. The number of piperidine rings is 1. The van der Waals surface area contributed by atoms with Crippen molar-refractivity contribution in [1.82, 2.24) is 19.4 Å². The van der Waals surface area contributed by atoms with Gasteiger partial charge in [-0.3, -0.25) is 4.79 Å². The van der Waals surface area contributed by atoms with Crippen LogP contribution in [0.1, 0.15) is 81.1 Å². The number of carbonyl (C=O) groups is 1. The average molecular weight is 550 g/mol. The molecular formula is C32H47N5OS. The van der Waals surface area contributed by atoms with E-state index in [0.717, 1.165) is 87.4 Å². The number of hydrogen-bond acceptors (Lipinski definition) is 5. The summed E-state index contributed by atoms with van der Waals surface area (Å²) in [5, 5.41) is 3.61. The fourth-order valence-corrected chi connectivity index (χ4v) is 5.78. The molecular weight excluding hydrogens is 502 g/mol. The number of anilines is 1. The van der Waals surface area contributed by atoms with Crippen LogP contribution in [-0.4, -0.2) is 64.2 Å². The number of thioether (sulfide) groups is 1. The first-order chi connectivity index (χ1) is 19.1. The number of aryl methyl sites for hydroxylation is 1. The lowest BCUT2D eigenvalue weighted by Gasteiger charge is -2.26. The lowest BCUT2D eigenvalue weighted by molar-refractivity contribution is 0.0751. The van der Waals surface area contributed by atoms with E-state index in [1.165, 1.54) is 42.8 Å². The van der Waals surface area contributed by atoms with Gasteiger partial charge in [-0.1, -0.05) is 45.2 Å². The first-order valence-electron chi connectivity index (χ1n) is 15.0. The van der Waals surface area contributed by atoms with Crippen LogP contribution in [0.2, 0.25) is 0 Å². The third kappa shape index (κ3) is 8.24. The van der Waals surface area contributed by atoms with Crippen LogP contribution in [0.3, 0.4) is 0 Å². The molecule has 4 rings (SSSR count). The zero-order valence-electron chi connectivity index (χ0n) is 24.3. The number of imidazole rings is 1. The van der Waals surface area contributed by atoms with E-state index in [9.17, 15) is 4.79 Å². The Morgan fingerprint density at radius 1 is 0.949 bits per heavy atom. The summed E-state index contributed by atoms with van der Waals surface area (Å²) < 4.78 is 2.30. The van der Waals surface area contributed by atoms with Crippen LogP contribution in [0.5, 0.6) is 0 Å². The number of nitrogens with zero attached hydrogens (tertiary/aromatic N) is 4. The lowest BCUT2D eigenvalue weighted by Crippen LogP contribution is -2.33. The summed E-state index contributed by atoms with van der Waals surface area (Å²) in [4.78, 5) is 24.5. The Bertz CT molecular complexity index is 1160. The van der Waals surface area contributed by atoms with Crippen molar-refractivity contribution in [2.75, 3.05) is 44.3 Å². The van der Waals surface area contributed by atoms with Crippen molar-refractivity contribution in [1.29, 1.82) is 0 Å². The molecule has 212 valence electrons. The topological polar surface area (TPSA) is 53.4 Å². The van der Waals surface area contributed by atoms with Gasteiger partial charge in [0.1, 0.15) is 0 Å². The molecule has 0 radical (unpaired) electrons. The number of rotatable bonds is 15. The lowest BCUT2D eigenvalue weighted by atomic mass is 10.1. The molecule has 0 atom stereocenters. The quantitative estimate of drug-likeness (QED) is 0.202. The van der Waals surface area contributed by atoms with Crippen molar-refractivity contribution in [2.24, 2.45) is 0 Å². The third-order valence-corrected chi connectivity index (χ3v) is 8.50. The van der Waals surface area contributed by atoms with Gasteiger partial charge in [0.25, 0.3) is 5.91 Å². The Labute approximate surface area is 239 Å². The molecule has 0 unspecified atom stereocenters. The van der Waals surface area contributed by atoms with Crippen molar-refractivity contribution in [3.05, 3.63) is 53.6 Å². The summed E-state index contributed by atoms with van der Waals surface area (Å²) in [5.74, 6) is 1.03. The minimum Gasteiger partial charge on any atom is -0.352 e. The summed E-state index contributed by atoms with van der Waals surface area (Å²) >= 11 is 1.76. The van der Waals surface area contributed by atoms with E-state index >= 15 is 0 Å². The van der Waals surface area contributed by atoms with Gasteiger partial charge in [0.05, 0.1) is 11.0 Å². The van der Waals surface area contributed by atoms with Crippen LogP contribution < -0.4 is 5.32 Å². The molecule has 2 aromatic carbocycles. The maximum atomic E-state index is 13.6. The van der Waals surface area contributed by atoms with Gasteiger partial charge in [0.15, 0.2) is 0 Å². The average Bonchev–Trinajstić information content (AvgIpc) is 3.33. The van der Waals surface area contributed by atoms with Gasteiger partial charge in [-0.2, -0.15) is 0 Å². The highest BCUT2D eigenvalue weighted by molar-refractivity contribution is 7.98. The number of unbranched alkanes of at least 4 members (excludes halogenated alkanes) is 2. The van der Waals surface area contributed by atoms with Gasteiger partial charge in [0.2, 0.25) is 5.95 Å². The summed E-state index contributed by atoms with van der Waals surface area (Å²) in [5.41, 5.74) is 3.99. The second kappa shape index (κ2) is 15.3. The van der Waals surface area contributed by atoms with Gasteiger partial charge in [-0.25, -0.2) is 4.98 Å². The minimum atomic E-state index is 0.142. The number of benzene rings is 2. The summed E-state index contributed by atoms with van der Waals surface area (Å²) in [6.45, 7) is 11.2. The molecule has 1 aliphatic rings. The van der Waals surface area contributed by atoms with Crippen LogP contribution in [0.15, 0.2) is 47.4 Å². The number of aromatic nitrogens is 2. The molecule has 1 saturated heterocycles. The monoisotopic (exact) mass is 549 g/mol. The van der Waals surface area contributed by atoms with Crippen molar-refractivity contribution < 1.29 is 4.79 Å². The highest BCUT2D eigenvalue weighted by Crippen LogP contribution is 2.24. The van der Waals surface area contributed by atoms with E-state index in [2.05, 4.69) is 65.2 Å². The summed E-state index contributed by atoms with van der Waals surface area (Å²) in [6, 6.07) is 14.8. The summed E-state index contributed by atoms with van der Waals surface area (Å²) in [6.07, 6.45) is 11.4. The second-order valence-corrected chi connectivity index (χ2v) is 11.6. The minimum absolute atomic E-state index is 0.142. The Hall–Kier alpha value is -2.51. The molecule has 6 nitrogen and oxygen atoms in total. The molecule has 39 heavy (non-hydrogen) atoms. The van der Waals surface area contributed by atoms with Gasteiger partial charge in [-0.15, -0.1) is 11.8 Å². The molecule has 1 amide bonds. The number of likely N-dealkylation sites (tertiary alicyclic amines) is 1. The zero-order chi connectivity index (χ0) is 27.5. The van der Waals surface area contributed by atoms with E-state index in [1.54, 1.807) is 11.8 Å². The number of fused-ring (bicyclic) bond motifs is 1. The van der Waals surface area contributed by atoms with Crippen LogP contribution in [0, 0.1) is 0 Å². The molecule has 0 aliphatic carbocycles. The fourth-order valence-electron chi connectivity index (χ4n) is 5.37. The van der Waals surface area contributed by atoms with Crippen LogP contribution >= 0.6 is 11.8 Å². The predicted octanol–water partition coefficient (Wildman–Crippen LogP) is 7.29. The van der Waals surface area contributed by atoms with E-state index in [0.29, 0.717) is 0 Å². The van der Waals surface area contributed by atoms with Crippen LogP contribution in [0.4, 0.5) is 5.95 Å². The number of carbonyl (C=O) groups excluding carboxylic acids is 1. The second-order valence-electron chi connectivity index (χ2n) is 10.7. The molecule has 7 heteroatoms. The Kier molecular flexibility index (Phi) is 11.6. The van der Waals surface area contributed by atoms with Crippen molar-refractivity contribution >= 4 is 34.7 Å². The van der Waals surface area contributed by atoms with Gasteiger partial charge >= 0.3 is 0 Å². The van der Waals surface area contributed by atoms with Gasteiger partial charge in [-0.05, 0) is 93.9 Å². The standard InChI is InChI=1S/C32H47N5OS/c1-4-6-21-36(22-7-5-2)31(38)27-14-17-29-30(24-27)37(23-11-20-35-18-9-8-10-19-35)32(34-29)33-25-26-12-15-28(39-3)16-13-26/h12-17,24H,4-11,18-23,25H2,1-3H3,(H,33,34). The molecule has 1 aliphatic heterocycles. The smallest absolute Gasteiger partial charge is 0.253 e. The molecule has 0 saturated carbocycles. The number of nitrogens with one attached hydrogen (secondary N) is 1. The Balaban J connectivity index is 1.56. The maximum absolute atomic E-state index is 13.6. The van der Waals surface area contributed by atoms with Crippen LogP contribution in [0.25, 0.3) is 11.0 Å². The highest BCUT2D eigenvalue weighted by atomic mass is 32.2. The highest BCUT2D eigenvalue weighted by Gasteiger charge is 2.19. The van der Waals surface area contributed by atoms with Gasteiger partial charge < -0.3 is 19.7 Å². The third-order valence-electron chi connectivity index (χ3n) is 7.76. The first kappa shape index (κ1) is 29.5. The normalized spacial score (nSPS) is 14.1. The zero-order valence-corrected chi connectivity index (χ0v) is 25.1. The summed E-state index contributed by atoms with van der Waals surface area (Å²) in [7, 11) is 0. The molecule has 0 spiro atoms. The van der Waals surface area contributed by atoms with E-state index in [4.69, 9.17) is 4.98 Å². The number of amides is 1. The predicted molar refractivity (Wildman–Crippen MR) is 166 cm³/mol.